The fourth-order valence-corrected chi connectivity index (χ4v) is 1.67. The molecule has 4 nitrogen and oxygen atoms in total. The van der Waals surface area contributed by atoms with Gasteiger partial charge in [-0.3, -0.25) is 9.97 Å². The van der Waals surface area contributed by atoms with E-state index in [2.05, 4.69) is 9.97 Å². The van der Waals surface area contributed by atoms with Gasteiger partial charge in [0.2, 0.25) is 0 Å². The van der Waals surface area contributed by atoms with E-state index < -0.39 is 0 Å². The molecule has 0 bridgehead atoms. The molecule has 2 aromatic rings. The molecule has 17 heavy (non-hydrogen) atoms. The Morgan fingerprint density at radius 1 is 1.12 bits per heavy atom. The third kappa shape index (κ3) is 2.81. The Labute approximate surface area is 118 Å². The number of rotatable bonds is 1. The van der Waals surface area contributed by atoms with Crippen molar-refractivity contribution in [3.05, 3.63) is 34.6 Å². The quantitative estimate of drug-likeness (QED) is 0.793. The second-order valence-electron chi connectivity index (χ2n) is 3.16. The van der Waals surface area contributed by atoms with Crippen LogP contribution in [-0.4, -0.2) is 9.97 Å². The fourth-order valence-electron chi connectivity index (χ4n) is 1.23. The molecular weight excluding hydrogens is 306 g/mol. The molecule has 0 fully saturated rings. The van der Waals surface area contributed by atoms with E-state index in [-0.39, 0.29) is 27.2 Å². The Hall–Kier alpha value is -1.03. The van der Waals surface area contributed by atoms with E-state index >= 15 is 0 Å². The summed E-state index contributed by atoms with van der Waals surface area (Å²) >= 11 is 11.8. The number of nitrogens with two attached hydrogens (primary N) is 2. The molecule has 0 unspecified atom stereocenters. The van der Waals surface area contributed by atoms with Crippen LogP contribution in [0.5, 0.6) is 0 Å². The van der Waals surface area contributed by atoms with E-state index in [9.17, 15) is 0 Å². The normalized spacial score (nSPS) is 9.76. The number of hydrogen-bond donors (Lipinski definition) is 2. The van der Waals surface area contributed by atoms with Crippen LogP contribution in [0, 0.1) is 0 Å². The molecule has 0 radical (unpaired) electrons. The van der Waals surface area contributed by atoms with Crippen LogP contribution < -0.4 is 11.5 Å². The summed E-state index contributed by atoms with van der Waals surface area (Å²) in [4.78, 5) is 8.20. The molecule has 0 aliphatic rings. The van der Waals surface area contributed by atoms with Crippen LogP contribution in [0.3, 0.4) is 0 Å². The first-order valence-corrected chi connectivity index (χ1v) is 5.16. The van der Waals surface area contributed by atoms with Gasteiger partial charge in [0.15, 0.2) is 0 Å². The molecule has 0 saturated carbocycles. The van der Waals surface area contributed by atoms with Crippen LogP contribution in [0.4, 0.5) is 11.4 Å². The Morgan fingerprint density at radius 3 is 2.47 bits per heavy atom. The first-order valence-electron chi connectivity index (χ1n) is 4.41. The van der Waals surface area contributed by atoms with Gasteiger partial charge in [0.05, 0.1) is 21.4 Å². The van der Waals surface area contributed by atoms with Crippen molar-refractivity contribution >= 4 is 34.6 Å². The number of hydrogen-bond acceptors (Lipinski definition) is 4. The van der Waals surface area contributed by atoms with Gasteiger partial charge in [0.1, 0.15) is 5.69 Å². The van der Waals surface area contributed by atoms with Gasteiger partial charge >= 0.3 is 16.5 Å². The zero-order chi connectivity index (χ0) is 11.7. The topological polar surface area (TPSA) is 77.8 Å². The van der Waals surface area contributed by atoms with Crippen LogP contribution in [0.25, 0.3) is 11.4 Å². The Kier molecular flexibility index (Phi) is 4.57. The summed E-state index contributed by atoms with van der Waals surface area (Å²) in [7, 11) is 0. The van der Waals surface area contributed by atoms with E-state index in [0.717, 1.165) is 0 Å². The van der Waals surface area contributed by atoms with Gasteiger partial charge in [-0.25, -0.2) is 0 Å². The van der Waals surface area contributed by atoms with Gasteiger partial charge in [-0.1, -0.05) is 23.2 Å². The largest absolute Gasteiger partial charge is 2.00 e. The van der Waals surface area contributed by atoms with Gasteiger partial charge < -0.3 is 11.5 Å². The number of nitrogen functional groups attached to an aromatic ring is 2. The van der Waals surface area contributed by atoms with Crippen LogP contribution in [0.15, 0.2) is 24.5 Å². The first-order chi connectivity index (χ1) is 7.59. The molecule has 4 N–H and O–H groups in total. The van der Waals surface area contributed by atoms with Gasteiger partial charge in [0, 0.05) is 18.1 Å². The molecule has 2 rings (SSSR count). The molecule has 2 aromatic heterocycles. The van der Waals surface area contributed by atoms with Gasteiger partial charge in [-0.05, 0) is 12.1 Å². The summed E-state index contributed by atoms with van der Waals surface area (Å²) in [6.45, 7) is 0. The van der Waals surface area contributed by atoms with Crippen LogP contribution >= 0.6 is 23.2 Å². The van der Waals surface area contributed by atoms with Crippen molar-refractivity contribution in [2.24, 2.45) is 0 Å². The average Bonchev–Trinajstić information content (AvgIpc) is 2.26. The first kappa shape index (κ1) is 14.0. The summed E-state index contributed by atoms with van der Waals surface area (Å²) in [6.07, 6.45) is 3.01. The van der Waals surface area contributed by atoms with E-state index in [4.69, 9.17) is 34.7 Å². The number of aromatic nitrogens is 2. The molecule has 0 aliphatic heterocycles. The van der Waals surface area contributed by atoms with Crippen molar-refractivity contribution in [1.82, 2.24) is 9.97 Å². The van der Waals surface area contributed by atoms with Crippen LogP contribution in [0.2, 0.25) is 10.0 Å². The second-order valence-corrected chi connectivity index (χ2v) is 3.94. The summed E-state index contributed by atoms with van der Waals surface area (Å²) in [6, 6.07) is 3.35. The van der Waals surface area contributed by atoms with Crippen molar-refractivity contribution in [1.29, 1.82) is 0 Å². The Bertz CT molecular complexity index is 548. The van der Waals surface area contributed by atoms with E-state index in [0.29, 0.717) is 22.1 Å². The molecule has 0 saturated heterocycles. The van der Waals surface area contributed by atoms with Crippen molar-refractivity contribution in [3.63, 3.8) is 0 Å². The molecule has 2 heterocycles. The molecule has 90 valence electrons. The zero-order valence-electron chi connectivity index (χ0n) is 8.43. The molecule has 0 atom stereocenters. The van der Waals surface area contributed by atoms with E-state index in [1.807, 2.05) is 0 Å². The maximum absolute atomic E-state index is 6.03. The molecule has 0 aliphatic carbocycles. The minimum absolute atomic E-state index is 0. The number of pyridine rings is 2. The van der Waals surface area contributed by atoms with Crippen molar-refractivity contribution in [2.75, 3.05) is 11.5 Å². The summed E-state index contributed by atoms with van der Waals surface area (Å²) in [5.41, 5.74) is 13.2. The number of nitrogens with zero attached hydrogens (tertiary/aromatic N) is 2. The molecule has 0 aromatic carbocycles. The zero-order valence-corrected chi connectivity index (χ0v) is 10.9. The van der Waals surface area contributed by atoms with Gasteiger partial charge in [-0.2, -0.15) is 0 Å². The average molecular weight is 314 g/mol. The minimum Gasteiger partial charge on any atom is -0.399 e. The molecule has 0 spiro atoms. The van der Waals surface area contributed by atoms with Crippen LogP contribution in [0.1, 0.15) is 0 Å². The third-order valence-corrected chi connectivity index (χ3v) is 2.72. The minimum atomic E-state index is 0. The predicted octanol–water partition coefficient (Wildman–Crippen LogP) is 2.61. The fraction of sp³-hybridized carbons (Fsp3) is 0. The molecule has 7 heteroatoms. The van der Waals surface area contributed by atoms with Gasteiger partial charge in [-0.15, -0.1) is 0 Å². The summed E-state index contributed by atoms with van der Waals surface area (Å²) in [5, 5.41) is 0.600. The smallest absolute Gasteiger partial charge is 0.399 e. The van der Waals surface area contributed by atoms with E-state index in [1.165, 1.54) is 6.20 Å². The maximum Gasteiger partial charge on any atom is 2.00 e. The number of anilines is 2. The number of halogens is 2. The van der Waals surface area contributed by atoms with Gasteiger partial charge in [0.25, 0.3) is 0 Å². The van der Waals surface area contributed by atoms with E-state index in [1.54, 1.807) is 18.3 Å². The van der Waals surface area contributed by atoms with Crippen molar-refractivity contribution in [2.45, 2.75) is 0 Å². The monoisotopic (exact) mass is 312 g/mol. The molecule has 0 amide bonds. The third-order valence-electron chi connectivity index (χ3n) is 2.04. The predicted molar refractivity (Wildman–Crippen MR) is 66.3 cm³/mol. The SMILES string of the molecule is Nc1ccnc(-c2ncc(Cl)c(N)c2Cl)c1.[Ni+2]. The maximum atomic E-state index is 6.03. The van der Waals surface area contributed by atoms with Crippen molar-refractivity contribution in [3.8, 4) is 11.4 Å². The summed E-state index contributed by atoms with van der Waals surface area (Å²) in [5.74, 6) is 0. The van der Waals surface area contributed by atoms with Crippen molar-refractivity contribution < 1.29 is 16.5 Å². The van der Waals surface area contributed by atoms with Crippen LogP contribution in [-0.2, 0) is 16.5 Å². The Balaban J connectivity index is 0.00000144. The standard InChI is InChI=1S/C10H8Cl2N4.Ni/c11-6-4-16-10(8(12)9(6)14)7-3-5(13)1-2-15-7;/h1-4H,(H2,13,15)(H2,14,16);/q;+2. The molecular formula is C10H8Cl2N4Ni+2. The Morgan fingerprint density at radius 2 is 1.82 bits per heavy atom. The summed E-state index contributed by atoms with van der Waals surface area (Å²) < 4.78 is 0. The second kappa shape index (κ2) is 5.54.